The number of nitriles is 1. The van der Waals surface area contributed by atoms with Crippen LogP contribution in [0.4, 0.5) is 5.69 Å². The Labute approximate surface area is 82.9 Å². The van der Waals surface area contributed by atoms with Gasteiger partial charge in [0, 0.05) is 11.6 Å². The van der Waals surface area contributed by atoms with Crippen LogP contribution in [-0.2, 0) is 0 Å². The van der Waals surface area contributed by atoms with Crippen molar-refractivity contribution in [2.45, 2.75) is 6.92 Å². The van der Waals surface area contributed by atoms with Crippen LogP contribution in [-0.4, -0.2) is 14.2 Å². The second-order valence-corrected chi connectivity index (χ2v) is 2.81. The molecule has 4 heteroatoms. The number of nitrogen functional groups attached to an aromatic ring is 1. The molecule has 1 rings (SSSR count). The molecule has 0 unspecified atom stereocenters. The average Bonchev–Trinajstić information content (AvgIpc) is 2.20. The van der Waals surface area contributed by atoms with Crippen LogP contribution in [0.3, 0.4) is 0 Å². The van der Waals surface area contributed by atoms with E-state index in [1.807, 2.05) is 13.0 Å². The zero-order chi connectivity index (χ0) is 10.7. The van der Waals surface area contributed by atoms with E-state index in [1.54, 1.807) is 13.2 Å². The summed E-state index contributed by atoms with van der Waals surface area (Å²) < 4.78 is 10.2. The molecule has 74 valence electrons. The molecule has 1 aromatic rings. The number of hydrogen-bond acceptors (Lipinski definition) is 4. The van der Waals surface area contributed by atoms with Crippen molar-refractivity contribution in [2.24, 2.45) is 0 Å². The molecule has 0 bridgehead atoms. The summed E-state index contributed by atoms with van der Waals surface area (Å²) in [7, 11) is 3.05. The van der Waals surface area contributed by atoms with E-state index in [-0.39, 0.29) is 0 Å². The fraction of sp³-hybridized carbons (Fsp3) is 0.300. The molecule has 14 heavy (non-hydrogen) atoms. The lowest BCUT2D eigenvalue weighted by molar-refractivity contribution is 0.388. The van der Waals surface area contributed by atoms with Gasteiger partial charge in [0.05, 0.1) is 19.9 Å². The van der Waals surface area contributed by atoms with Crippen LogP contribution in [0.25, 0.3) is 0 Å². The molecule has 0 spiro atoms. The van der Waals surface area contributed by atoms with Crippen molar-refractivity contribution in [3.05, 3.63) is 17.2 Å². The van der Waals surface area contributed by atoms with Gasteiger partial charge in [-0.25, -0.2) is 0 Å². The summed E-state index contributed by atoms with van der Waals surface area (Å²) >= 11 is 0. The van der Waals surface area contributed by atoms with E-state index in [1.165, 1.54) is 7.11 Å². The van der Waals surface area contributed by atoms with Crippen molar-refractivity contribution in [3.63, 3.8) is 0 Å². The van der Waals surface area contributed by atoms with E-state index in [9.17, 15) is 0 Å². The fourth-order valence-electron chi connectivity index (χ4n) is 1.33. The Bertz CT molecular complexity index is 393. The minimum Gasteiger partial charge on any atom is -0.496 e. The van der Waals surface area contributed by atoms with Gasteiger partial charge in [0.15, 0.2) is 0 Å². The fourth-order valence-corrected chi connectivity index (χ4v) is 1.33. The van der Waals surface area contributed by atoms with E-state index in [0.29, 0.717) is 22.7 Å². The van der Waals surface area contributed by atoms with Gasteiger partial charge >= 0.3 is 0 Å². The van der Waals surface area contributed by atoms with Crippen LogP contribution in [0, 0.1) is 18.3 Å². The van der Waals surface area contributed by atoms with E-state index >= 15 is 0 Å². The molecule has 1 aromatic carbocycles. The maximum Gasteiger partial charge on any atom is 0.145 e. The van der Waals surface area contributed by atoms with Crippen LogP contribution >= 0.6 is 0 Å². The standard InChI is InChI=1S/C10H12N2O2/c1-6-9(13-2)4-8(12)7(5-11)10(6)14-3/h4H,12H2,1-3H3. The van der Waals surface area contributed by atoms with Crippen molar-refractivity contribution >= 4 is 5.69 Å². The number of nitrogens with zero attached hydrogens (tertiary/aromatic N) is 1. The minimum atomic E-state index is 0.353. The zero-order valence-electron chi connectivity index (χ0n) is 8.42. The Balaban J connectivity index is 3.50. The van der Waals surface area contributed by atoms with Crippen molar-refractivity contribution < 1.29 is 9.47 Å². The molecule has 0 radical (unpaired) electrons. The topological polar surface area (TPSA) is 68.3 Å². The summed E-state index contributed by atoms with van der Waals surface area (Å²) in [5.41, 5.74) is 7.17. The Morgan fingerprint density at radius 3 is 2.43 bits per heavy atom. The highest BCUT2D eigenvalue weighted by Crippen LogP contribution is 2.35. The summed E-state index contributed by atoms with van der Waals surface area (Å²) in [6.45, 7) is 1.82. The first-order valence-corrected chi connectivity index (χ1v) is 4.06. The van der Waals surface area contributed by atoms with Crippen LogP contribution in [0.2, 0.25) is 0 Å². The summed E-state index contributed by atoms with van der Waals surface area (Å²) in [5, 5.41) is 8.87. The van der Waals surface area contributed by atoms with Crippen LogP contribution in [0.15, 0.2) is 6.07 Å². The zero-order valence-corrected chi connectivity index (χ0v) is 8.42. The van der Waals surface area contributed by atoms with Crippen molar-refractivity contribution in [3.8, 4) is 17.6 Å². The van der Waals surface area contributed by atoms with Crippen LogP contribution in [0.1, 0.15) is 11.1 Å². The number of rotatable bonds is 2. The summed E-state index contributed by atoms with van der Waals surface area (Å²) in [5.74, 6) is 1.10. The lowest BCUT2D eigenvalue weighted by Gasteiger charge is -2.12. The second-order valence-electron chi connectivity index (χ2n) is 2.81. The first-order valence-electron chi connectivity index (χ1n) is 4.06. The molecule has 0 atom stereocenters. The molecule has 0 aliphatic rings. The predicted molar refractivity (Wildman–Crippen MR) is 53.4 cm³/mol. The Hall–Kier alpha value is -1.89. The molecular formula is C10H12N2O2. The minimum absolute atomic E-state index is 0.353. The average molecular weight is 192 g/mol. The smallest absolute Gasteiger partial charge is 0.145 e. The molecule has 0 fully saturated rings. The SMILES string of the molecule is COc1cc(N)c(C#N)c(OC)c1C. The van der Waals surface area contributed by atoms with Gasteiger partial charge in [0.2, 0.25) is 0 Å². The third-order valence-corrected chi connectivity index (χ3v) is 2.05. The van der Waals surface area contributed by atoms with Gasteiger partial charge in [-0.05, 0) is 6.92 Å². The number of ether oxygens (including phenoxy) is 2. The summed E-state index contributed by atoms with van der Waals surface area (Å²) in [6.07, 6.45) is 0. The van der Waals surface area contributed by atoms with Crippen LogP contribution in [0.5, 0.6) is 11.5 Å². The molecule has 0 aliphatic heterocycles. The first-order chi connectivity index (χ1) is 6.65. The van der Waals surface area contributed by atoms with Gasteiger partial charge in [-0.1, -0.05) is 0 Å². The van der Waals surface area contributed by atoms with Gasteiger partial charge in [-0.3, -0.25) is 0 Å². The first kappa shape index (κ1) is 10.2. The Morgan fingerprint density at radius 1 is 1.36 bits per heavy atom. The molecule has 0 aromatic heterocycles. The number of benzene rings is 1. The van der Waals surface area contributed by atoms with Gasteiger partial charge in [-0.15, -0.1) is 0 Å². The molecule has 2 N–H and O–H groups in total. The summed E-state index contributed by atoms with van der Waals surface area (Å²) in [6, 6.07) is 3.62. The highest BCUT2D eigenvalue weighted by atomic mass is 16.5. The monoisotopic (exact) mass is 192 g/mol. The number of methoxy groups -OCH3 is 2. The van der Waals surface area contributed by atoms with Crippen LogP contribution < -0.4 is 15.2 Å². The van der Waals surface area contributed by atoms with Gasteiger partial charge in [0.25, 0.3) is 0 Å². The molecular weight excluding hydrogens is 180 g/mol. The van der Waals surface area contributed by atoms with Gasteiger partial charge in [-0.2, -0.15) is 5.26 Å². The lowest BCUT2D eigenvalue weighted by Crippen LogP contribution is -2.00. The third kappa shape index (κ3) is 1.44. The Kier molecular flexibility index (Phi) is 2.82. The molecule has 0 saturated heterocycles. The van der Waals surface area contributed by atoms with E-state index in [4.69, 9.17) is 20.5 Å². The van der Waals surface area contributed by atoms with Gasteiger partial charge in [0.1, 0.15) is 23.1 Å². The van der Waals surface area contributed by atoms with Crippen molar-refractivity contribution in [2.75, 3.05) is 20.0 Å². The molecule has 0 amide bonds. The van der Waals surface area contributed by atoms with E-state index in [0.717, 1.165) is 5.56 Å². The quantitative estimate of drug-likeness (QED) is 0.720. The van der Waals surface area contributed by atoms with Crippen molar-refractivity contribution in [1.82, 2.24) is 0 Å². The largest absolute Gasteiger partial charge is 0.496 e. The third-order valence-electron chi connectivity index (χ3n) is 2.05. The van der Waals surface area contributed by atoms with Gasteiger partial charge < -0.3 is 15.2 Å². The molecule has 4 nitrogen and oxygen atoms in total. The Morgan fingerprint density at radius 2 is 2.00 bits per heavy atom. The van der Waals surface area contributed by atoms with E-state index < -0.39 is 0 Å². The maximum absolute atomic E-state index is 8.87. The molecule has 0 aliphatic carbocycles. The molecule has 0 saturated carbocycles. The summed E-state index contributed by atoms with van der Waals surface area (Å²) in [4.78, 5) is 0. The number of nitrogens with two attached hydrogens (primary N) is 1. The number of anilines is 1. The normalized spacial score (nSPS) is 9.29. The second kappa shape index (κ2) is 3.88. The highest BCUT2D eigenvalue weighted by molar-refractivity contribution is 5.67. The van der Waals surface area contributed by atoms with Crippen molar-refractivity contribution in [1.29, 1.82) is 5.26 Å². The maximum atomic E-state index is 8.87. The highest BCUT2D eigenvalue weighted by Gasteiger charge is 2.14. The predicted octanol–water partition coefficient (Wildman–Crippen LogP) is 1.47. The lowest BCUT2D eigenvalue weighted by atomic mass is 10.1. The van der Waals surface area contributed by atoms with E-state index in [2.05, 4.69) is 0 Å². The molecule has 0 heterocycles. The number of hydrogen-bond donors (Lipinski definition) is 1.